The number of nitrogens with zero attached hydrogens (tertiary/aromatic N) is 3. The SMILES string of the molecule is CN1C(=O)CC(Nc2cncc(N)n2)C1=O. The number of carbonyl (C=O) groups is 2. The van der Waals surface area contributed by atoms with Crippen LogP contribution in [0.5, 0.6) is 0 Å². The van der Waals surface area contributed by atoms with Crippen molar-refractivity contribution in [1.82, 2.24) is 14.9 Å². The molecule has 16 heavy (non-hydrogen) atoms. The summed E-state index contributed by atoms with van der Waals surface area (Å²) in [5.41, 5.74) is 5.45. The van der Waals surface area contributed by atoms with Crippen LogP contribution in [0.2, 0.25) is 0 Å². The molecule has 1 saturated heterocycles. The molecule has 1 atom stereocenters. The molecule has 1 unspecified atom stereocenters. The van der Waals surface area contributed by atoms with Crippen LogP contribution in [0.3, 0.4) is 0 Å². The molecular weight excluding hydrogens is 210 g/mol. The molecule has 0 saturated carbocycles. The quantitative estimate of drug-likeness (QED) is 0.636. The van der Waals surface area contributed by atoms with Gasteiger partial charge >= 0.3 is 0 Å². The van der Waals surface area contributed by atoms with Crippen molar-refractivity contribution >= 4 is 23.5 Å². The summed E-state index contributed by atoms with van der Waals surface area (Å²) in [6.07, 6.45) is 2.98. The van der Waals surface area contributed by atoms with E-state index >= 15 is 0 Å². The summed E-state index contributed by atoms with van der Waals surface area (Å²) in [6, 6.07) is -0.575. The molecule has 3 N–H and O–H groups in total. The first-order chi connectivity index (χ1) is 7.58. The van der Waals surface area contributed by atoms with Crippen LogP contribution in [0.25, 0.3) is 0 Å². The zero-order chi connectivity index (χ0) is 11.7. The molecule has 0 bridgehead atoms. The van der Waals surface area contributed by atoms with E-state index in [0.717, 1.165) is 4.90 Å². The largest absolute Gasteiger partial charge is 0.382 e. The molecule has 1 fully saturated rings. The molecule has 1 aromatic rings. The highest BCUT2D eigenvalue weighted by Crippen LogP contribution is 2.15. The Morgan fingerprint density at radius 1 is 1.50 bits per heavy atom. The molecule has 0 spiro atoms. The predicted molar refractivity (Wildman–Crippen MR) is 56.2 cm³/mol. The van der Waals surface area contributed by atoms with Crippen LogP contribution < -0.4 is 11.1 Å². The minimum Gasteiger partial charge on any atom is -0.382 e. The normalized spacial score (nSPS) is 20.3. The lowest BCUT2D eigenvalue weighted by atomic mass is 10.2. The molecular formula is C9H11N5O2. The lowest BCUT2D eigenvalue weighted by Gasteiger charge is -2.11. The molecule has 2 heterocycles. The number of carbonyl (C=O) groups excluding carboxylic acids is 2. The maximum atomic E-state index is 11.6. The van der Waals surface area contributed by atoms with Gasteiger partial charge in [-0.1, -0.05) is 0 Å². The number of aromatic nitrogens is 2. The van der Waals surface area contributed by atoms with Crippen LogP contribution in [-0.2, 0) is 9.59 Å². The average molecular weight is 221 g/mol. The Morgan fingerprint density at radius 2 is 2.25 bits per heavy atom. The summed E-state index contributed by atoms with van der Waals surface area (Å²) in [4.78, 5) is 31.7. The highest BCUT2D eigenvalue weighted by Gasteiger charge is 2.36. The van der Waals surface area contributed by atoms with Crippen LogP contribution in [-0.4, -0.2) is 39.8 Å². The third kappa shape index (κ3) is 1.79. The monoisotopic (exact) mass is 221 g/mol. The lowest BCUT2D eigenvalue weighted by molar-refractivity contribution is -0.136. The fraction of sp³-hybridized carbons (Fsp3) is 0.333. The second-order valence-electron chi connectivity index (χ2n) is 3.52. The molecule has 1 aromatic heterocycles. The molecule has 1 aliphatic heterocycles. The van der Waals surface area contributed by atoms with Gasteiger partial charge in [-0.3, -0.25) is 19.5 Å². The number of rotatable bonds is 2. The van der Waals surface area contributed by atoms with Gasteiger partial charge in [0.25, 0.3) is 5.91 Å². The van der Waals surface area contributed by atoms with Gasteiger partial charge in [-0.25, -0.2) is 4.98 Å². The topological polar surface area (TPSA) is 101 Å². The lowest BCUT2D eigenvalue weighted by Crippen LogP contribution is -2.32. The molecule has 7 heteroatoms. The van der Waals surface area contributed by atoms with E-state index in [2.05, 4.69) is 15.3 Å². The van der Waals surface area contributed by atoms with E-state index in [9.17, 15) is 9.59 Å². The van der Waals surface area contributed by atoms with Crippen LogP contribution >= 0.6 is 0 Å². The van der Waals surface area contributed by atoms with Gasteiger partial charge in [0.05, 0.1) is 18.8 Å². The number of imide groups is 1. The van der Waals surface area contributed by atoms with Gasteiger partial charge in [0.2, 0.25) is 5.91 Å². The second kappa shape index (κ2) is 3.76. The molecule has 7 nitrogen and oxygen atoms in total. The maximum absolute atomic E-state index is 11.6. The van der Waals surface area contributed by atoms with Gasteiger partial charge in [0, 0.05) is 7.05 Å². The summed E-state index contributed by atoms with van der Waals surface area (Å²) in [6.45, 7) is 0. The molecule has 2 rings (SSSR count). The van der Waals surface area contributed by atoms with E-state index in [4.69, 9.17) is 5.73 Å². The van der Waals surface area contributed by atoms with Gasteiger partial charge in [-0.2, -0.15) is 0 Å². The van der Waals surface area contributed by atoms with Gasteiger partial charge in [0.1, 0.15) is 17.7 Å². The number of hydrogen-bond donors (Lipinski definition) is 2. The van der Waals surface area contributed by atoms with Crippen LogP contribution in [0.1, 0.15) is 6.42 Å². The van der Waals surface area contributed by atoms with Crippen LogP contribution in [0.4, 0.5) is 11.6 Å². The Morgan fingerprint density at radius 3 is 2.81 bits per heavy atom. The highest BCUT2D eigenvalue weighted by atomic mass is 16.2. The van der Waals surface area contributed by atoms with Crippen molar-refractivity contribution in [1.29, 1.82) is 0 Å². The van der Waals surface area contributed by atoms with E-state index in [0.29, 0.717) is 5.82 Å². The fourth-order valence-corrected chi connectivity index (χ4v) is 1.50. The van der Waals surface area contributed by atoms with E-state index in [1.54, 1.807) is 0 Å². The summed E-state index contributed by atoms with van der Waals surface area (Å²) in [7, 11) is 1.46. The molecule has 0 aliphatic carbocycles. The third-order valence-electron chi connectivity index (χ3n) is 2.36. The van der Waals surface area contributed by atoms with Gasteiger partial charge < -0.3 is 11.1 Å². The predicted octanol–water partition coefficient (Wildman–Crippen LogP) is -0.772. The first-order valence-electron chi connectivity index (χ1n) is 4.72. The first kappa shape index (κ1) is 10.3. The number of nitrogens with one attached hydrogen (secondary N) is 1. The fourth-order valence-electron chi connectivity index (χ4n) is 1.50. The number of hydrogen-bond acceptors (Lipinski definition) is 6. The number of anilines is 2. The minimum absolute atomic E-state index is 0.131. The second-order valence-corrected chi connectivity index (χ2v) is 3.52. The highest BCUT2D eigenvalue weighted by molar-refractivity contribution is 6.06. The van der Waals surface area contributed by atoms with Crippen LogP contribution in [0, 0.1) is 0 Å². The van der Waals surface area contributed by atoms with Crippen molar-refractivity contribution in [3.8, 4) is 0 Å². The van der Waals surface area contributed by atoms with Gasteiger partial charge in [-0.15, -0.1) is 0 Å². The number of nitrogens with two attached hydrogens (primary N) is 1. The Balaban J connectivity index is 2.12. The number of likely N-dealkylation sites (tertiary alicyclic amines) is 1. The smallest absolute Gasteiger partial charge is 0.251 e. The number of amides is 2. The molecule has 0 aromatic carbocycles. The maximum Gasteiger partial charge on any atom is 0.251 e. The summed E-state index contributed by atoms with van der Waals surface area (Å²) in [5, 5.41) is 2.83. The number of likely N-dealkylation sites (N-methyl/N-ethyl adjacent to an activating group) is 1. The van der Waals surface area contributed by atoms with E-state index in [-0.39, 0.29) is 24.1 Å². The minimum atomic E-state index is -0.575. The van der Waals surface area contributed by atoms with Crippen LogP contribution in [0.15, 0.2) is 12.4 Å². The van der Waals surface area contributed by atoms with Crippen molar-refractivity contribution in [2.75, 3.05) is 18.1 Å². The van der Waals surface area contributed by atoms with Gasteiger partial charge in [-0.05, 0) is 0 Å². The Bertz CT molecular complexity index is 447. The van der Waals surface area contributed by atoms with Gasteiger partial charge in [0.15, 0.2) is 0 Å². The van der Waals surface area contributed by atoms with Crippen molar-refractivity contribution in [2.45, 2.75) is 12.5 Å². The van der Waals surface area contributed by atoms with Crippen molar-refractivity contribution in [3.63, 3.8) is 0 Å². The molecule has 0 radical (unpaired) electrons. The molecule has 84 valence electrons. The summed E-state index contributed by atoms with van der Waals surface area (Å²) >= 11 is 0. The van der Waals surface area contributed by atoms with Crippen molar-refractivity contribution in [3.05, 3.63) is 12.4 Å². The van der Waals surface area contributed by atoms with E-state index in [1.807, 2.05) is 0 Å². The average Bonchev–Trinajstić information content (AvgIpc) is 2.47. The third-order valence-corrected chi connectivity index (χ3v) is 2.36. The summed E-state index contributed by atoms with van der Waals surface area (Å²) < 4.78 is 0. The van der Waals surface area contributed by atoms with Crippen molar-refractivity contribution in [2.24, 2.45) is 0 Å². The Kier molecular flexibility index (Phi) is 2.43. The first-order valence-corrected chi connectivity index (χ1v) is 4.72. The standard InChI is InChI=1S/C9H11N5O2/c1-14-8(15)2-5(9(14)16)12-7-4-11-3-6(10)13-7/h3-5H,2H2,1H3,(H3,10,12,13). The molecule has 1 aliphatic rings. The Hall–Kier alpha value is -2.18. The van der Waals surface area contributed by atoms with E-state index in [1.165, 1.54) is 19.4 Å². The zero-order valence-electron chi connectivity index (χ0n) is 8.67. The van der Waals surface area contributed by atoms with Crippen molar-refractivity contribution < 1.29 is 9.59 Å². The van der Waals surface area contributed by atoms with E-state index < -0.39 is 6.04 Å². The Labute approximate surface area is 91.7 Å². The number of nitrogen functional groups attached to an aromatic ring is 1. The summed E-state index contributed by atoms with van der Waals surface area (Å²) in [5.74, 6) is 0.171. The molecule has 2 amide bonds. The zero-order valence-corrected chi connectivity index (χ0v) is 8.67.